The monoisotopic (exact) mass is 356 g/mol. The van der Waals surface area contributed by atoms with Crippen LogP contribution in [0.2, 0.25) is 0 Å². The highest BCUT2D eigenvalue weighted by molar-refractivity contribution is 7.10. The van der Waals surface area contributed by atoms with Crippen LogP contribution in [0.4, 0.5) is 5.69 Å². The van der Waals surface area contributed by atoms with Crippen LogP contribution in [-0.4, -0.2) is 25.3 Å². The Balaban J connectivity index is 1.64. The molecule has 0 unspecified atom stereocenters. The van der Waals surface area contributed by atoms with Crippen molar-refractivity contribution in [1.29, 1.82) is 0 Å². The fourth-order valence-electron chi connectivity index (χ4n) is 2.99. The zero-order valence-electron chi connectivity index (χ0n) is 13.8. The molecule has 0 bridgehead atoms. The van der Waals surface area contributed by atoms with Crippen LogP contribution < -0.4 is 14.8 Å². The molecule has 0 radical (unpaired) electrons. The molecule has 7 heteroatoms. The number of aryl methyl sites for hydroxylation is 1. The zero-order chi connectivity index (χ0) is 17.4. The van der Waals surface area contributed by atoms with Crippen molar-refractivity contribution in [2.75, 3.05) is 19.5 Å². The largest absolute Gasteiger partial charge is 0.497 e. The van der Waals surface area contributed by atoms with E-state index in [1.54, 1.807) is 43.8 Å². The Bertz CT molecular complexity index is 944. The van der Waals surface area contributed by atoms with Crippen molar-refractivity contribution in [1.82, 2.24) is 5.16 Å². The Morgan fingerprint density at radius 3 is 2.92 bits per heavy atom. The minimum atomic E-state index is -0.313. The third kappa shape index (κ3) is 2.66. The molecule has 0 saturated carbocycles. The van der Waals surface area contributed by atoms with E-state index in [9.17, 15) is 4.79 Å². The summed E-state index contributed by atoms with van der Waals surface area (Å²) >= 11 is 1.70. The van der Waals surface area contributed by atoms with Gasteiger partial charge in [0.2, 0.25) is 0 Å². The summed E-state index contributed by atoms with van der Waals surface area (Å²) in [7, 11) is 3.12. The highest BCUT2D eigenvalue weighted by atomic mass is 32.1. The lowest BCUT2D eigenvalue weighted by atomic mass is 9.95. The Labute approximate surface area is 148 Å². The second-order valence-corrected chi connectivity index (χ2v) is 6.62. The van der Waals surface area contributed by atoms with Gasteiger partial charge in [-0.1, -0.05) is 5.16 Å². The Kier molecular flexibility index (Phi) is 3.93. The van der Waals surface area contributed by atoms with Crippen molar-refractivity contribution in [3.63, 3.8) is 0 Å². The van der Waals surface area contributed by atoms with E-state index in [4.69, 9.17) is 14.0 Å². The van der Waals surface area contributed by atoms with Crippen LogP contribution in [0, 0.1) is 0 Å². The SMILES string of the molecule is COc1ccc(NC(=O)c2noc3c2CCc2sccc2-3)c(OC)c1. The van der Waals surface area contributed by atoms with Gasteiger partial charge in [0.15, 0.2) is 11.5 Å². The molecule has 2 aromatic heterocycles. The number of benzene rings is 1. The number of carbonyl (C=O) groups excluding carboxylic acids is 1. The van der Waals surface area contributed by atoms with Gasteiger partial charge < -0.3 is 19.3 Å². The smallest absolute Gasteiger partial charge is 0.278 e. The van der Waals surface area contributed by atoms with Crippen molar-refractivity contribution in [3.05, 3.63) is 45.8 Å². The van der Waals surface area contributed by atoms with Crippen LogP contribution in [0.3, 0.4) is 0 Å². The van der Waals surface area contributed by atoms with E-state index in [-0.39, 0.29) is 5.91 Å². The molecule has 0 aliphatic heterocycles. The molecular formula is C18H16N2O4S. The minimum absolute atomic E-state index is 0.313. The van der Waals surface area contributed by atoms with Crippen molar-refractivity contribution in [2.24, 2.45) is 0 Å². The molecule has 1 aliphatic rings. The Hall–Kier alpha value is -2.80. The van der Waals surface area contributed by atoms with Crippen LogP contribution in [0.1, 0.15) is 20.9 Å². The van der Waals surface area contributed by atoms with E-state index in [0.29, 0.717) is 28.6 Å². The number of hydrogen-bond acceptors (Lipinski definition) is 6. The number of ether oxygens (including phenoxy) is 2. The first-order valence-electron chi connectivity index (χ1n) is 7.80. The number of fused-ring (bicyclic) bond motifs is 3. The number of carbonyl (C=O) groups is 1. The highest BCUT2D eigenvalue weighted by Crippen LogP contribution is 2.38. The number of thiophene rings is 1. The summed E-state index contributed by atoms with van der Waals surface area (Å²) in [5.41, 5.74) is 2.78. The maximum Gasteiger partial charge on any atom is 0.278 e. The van der Waals surface area contributed by atoms with Gasteiger partial charge in [0.05, 0.1) is 19.9 Å². The number of hydrogen-bond donors (Lipinski definition) is 1. The predicted molar refractivity (Wildman–Crippen MR) is 94.7 cm³/mol. The van der Waals surface area contributed by atoms with Gasteiger partial charge in [-0.2, -0.15) is 0 Å². The van der Waals surface area contributed by atoms with Crippen LogP contribution >= 0.6 is 11.3 Å². The quantitative estimate of drug-likeness (QED) is 0.770. The number of amides is 1. The summed E-state index contributed by atoms with van der Waals surface area (Å²) < 4.78 is 16.0. The average molecular weight is 356 g/mol. The molecule has 6 nitrogen and oxygen atoms in total. The lowest BCUT2D eigenvalue weighted by Crippen LogP contribution is -2.16. The second-order valence-electron chi connectivity index (χ2n) is 5.62. The van der Waals surface area contributed by atoms with E-state index in [1.165, 1.54) is 4.88 Å². The molecule has 128 valence electrons. The predicted octanol–water partition coefficient (Wildman–Crippen LogP) is 3.77. The van der Waals surface area contributed by atoms with Crippen molar-refractivity contribution < 1.29 is 18.8 Å². The maximum atomic E-state index is 12.7. The first-order valence-corrected chi connectivity index (χ1v) is 8.68. The Morgan fingerprint density at radius 1 is 1.24 bits per heavy atom. The third-order valence-electron chi connectivity index (χ3n) is 4.25. The number of aromatic nitrogens is 1. The summed E-state index contributed by atoms with van der Waals surface area (Å²) in [6.07, 6.45) is 1.64. The number of nitrogens with zero attached hydrogens (tertiary/aromatic N) is 1. The van der Waals surface area contributed by atoms with Crippen molar-refractivity contribution in [2.45, 2.75) is 12.8 Å². The molecule has 0 atom stereocenters. The van der Waals surface area contributed by atoms with Gasteiger partial charge in [0.25, 0.3) is 5.91 Å². The summed E-state index contributed by atoms with van der Waals surface area (Å²) in [4.78, 5) is 14.0. The van der Waals surface area contributed by atoms with Gasteiger partial charge in [0, 0.05) is 22.1 Å². The fraction of sp³-hybridized carbons (Fsp3) is 0.222. The lowest BCUT2D eigenvalue weighted by molar-refractivity contribution is 0.101. The van der Waals surface area contributed by atoms with Crippen molar-refractivity contribution in [3.8, 4) is 22.8 Å². The van der Waals surface area contributed by atoms with Gasteiger partial charge in [-0.25, -0.2) is 0 Å². The molecule has 2 heterocycles. The van der Waals surface area contributed by atoms with Crippen molar-refractivity contribution >= 4 is 22.9 Å². The maximum absolute atomic E-state index is 12.7. The van der Waals surface area contributed by atoms with E-state index < -0.39 is 0 Å². The normalized spacial score (nSPS) is 12.2. The summed E-state index contributed by atoms with van der Waals surface area (Å²) in [5, 5.41) is 8.89. The van der Waals surface area contributed by atoms with Gasteiger partial charge in [0.1, 0.15) is 11.5 Å². The standard InChI is InChI=1S/C18H16N2O4S/c1-22-10-3-5-13(14(9-10)23-2)19-18(21)16-12-4-6-15-11(7-8-25-15)17(12)24-20-16/h3,5,7-9H,4,6H2,1-2H3,(H,19,21). The topological polar surface area (TPSA) is 73.6 Å². The summed E-state index contributed by atoms with van der Waals surface area (Å²) in [5.74, 6) is 1.56. The summed E-state index contributed by atoms with van der Waals surface area (Å²) in [6.45, 7) is 0. The van der Waals surface area contributed by atoms with Gasteiger partial charge in [-0.05, 0) is 36.4 Å². The number of methoxy groups -OCH3 is 2. The molecule has 4 rings (SSSR count). The number of anilines is 1. The zero-order valence-corrected chi connectivity index (χ0v) is 14.6. The van der Waals surface area contributed by atoms with Crippen LogP contribution in [0.15, 0.2) is 34.2 Å². The van der Waals surface area contributed by atoms with Crippen LogP contribution in [0.25, 0.3) is 11.3 Å². The van der Waals surface area contributed by atoms with E-state index in [2.05, 4.69) is 10.5 Å². The molecule has 1 N–H and O–H groups in total. The molecule has 0 fully saturated rings. The lowest BCUT2D eigenvalue weighted by Gasteiger charge is -2.12. The van der Waals surface area contributed by atoms with Gasteiger partial charge in [-0.3, -0.25) is 4.79 Å². The molecular weight excluding hydrogens is 340 g/mol. The van der Waals surface area contributed by atoms with E-state index in [1.807, 2.05) is 11.4 Å². The molecule has 1 amide bonds. The van der Waals surface area contributed by atoms with Crippen LogP contribution in [-0.2, 0) is 12.8 Å². The molecule has 0 saturated heterocycles. The second kappa shape index (κ2) is 6.25. The molecule has 1 aromatic carbocycles. The molecule has 0 spiro atoms. The highest BCUT2D eigenvalue weighted by Gasteiger charge is 2.28. The van der Waals surface area contributed by atoms with E-state index >= 15 is 0 Å². The number of nitrogens with one attached hydrogen (secondary N) is 1. The average Bonchev–Trinajstić information content (AvgIpc) is 3.27. The molecule has 25 heavy (non-hydrogen) atoms. The Morgan fingerprint density at radius 2 is 2.12 bits per heavy atom. The van der Waals surface area contributed by atoms with Gasteiger partial charge in [-0.15, -0.1) is 11.3 Å². The van der Waals surface area contributed by atoms with Crippen LogP contribution in [0.5, 0.6) is 11.5 Å². The first kappa shape index (κ1) is 15.7. The first-order chi connectivity index (χ1) is 12.2. The molecule has 1 aliphatic carbocycles. The fourth-order valence-corrected chi connectivity index (χ4v) is 3.87. The minimum Gasteiger partial charge on any atom is -0.497 e. The molecule has 3 aromatic rings. The number of rotatable bonds is 4. The third-order valence-corrected chi connectivity index (χ3v) is 5.23. The summed E-state index contributed by atoms with van der Waals surface area (Å²) in [6, 6.07) is 7.22. The van der Waals surface area contributed by atoms with Gasteiger partial charge >= 0.3 is 0 Å². The van der Waals surface area contributed by atoms with E-state index in [0.717, 1.165) is 24.0 Å².